The topological polar surface area (TPSA) is 44.9 Å². The fourth-order valence-electron chi connectivity index (χ4n) is 0.854. The summed E-state index contributed by atoms with van der Waals surface area (Å²) >= 11 is 0.995. The van der Waals surface area contributed by atoms with E-state index in [0.29, 0.717) is 5.69 Å². The lowest BCUT2D eigenvalue weighted by molar-refractivity contribution is -0.133. The fraction of sp³-hybridized carbons (Fsp3) is 0.571. The molecule has 3 nitrogen and oxygen atoms in total. The van der Waals surface area contributed by atoms with Crippen LogP contribution < -0.4 is 10.2 Å². The van der Waals surface area contributed by atoms with Crippen molar-refractivity contribution >= 4 is 11.3 Å². The molecule has 0 saturated carbocycles. The lowest BCUT2D eigenvalue weighted by Crippen LogP contribution is -2.21. The molecule has 1 aromatic heterocycles. The van der Waals surface area contributed by atoms with Gasteiger partial charge >= 0.3 is 11.0 Å². The van der Waals surface area contributed by atoms with Crippen molar-refractivity contribution in [1.29, 1.82) is 0 Å². The maximum atomic E-state index is 11.7. The van der Waals surface area contributed by atoms with Crippen molar-refractivity contribution in [1.82, 2.24) is 10.3 Å². The fourth-order valence-corrected chi connectivity index (χ4v) is 1.44. The van der Waals surface area contributed by atoms with Gasteiger partial charge in [-0.2, -0.15) is 13.2 Å². The number of aromatic nitrogens is 1. The van der Waals surface area contributed by atoms with Crippen molar-refractivity contribution < 1.29 is 13.2 Å². The Morgan fingerprint density at radius 3 is 2.71 bits per heavy atom. The van der Waals surface area contributed by atoms with Crippen molar-refractivity contribution in [2.75, 3.05) is 6.54 Å². The summed E-state index contributed by atoms with van der Waals surface area (Å²) < 4.78 is 35.1. The van der Waals surface area contributed by atoms with Crippen LogP contribution in [0, 0.1) is 0 Å². The van der Waals surface area contributed by atoms with Crippen LogP contribution in [0.5, 0.6) is 0 Å². The third kappa shape index (κ3) is 4.43. The first kappa shape index (κ1) is 11.3. The molecule has 7 heteroatoms. The summed E-state index contributed by atoms with van der Waals surface area (Å²) in [6.45, 7) is 0.121. The zero-order valence-electron chi connectivity index (χ0n) is 7.15. The van der Waals surface area contributed by atoms with E-state index in [9.17, 15) is 18.0 Å². The summed E-state index contributed by atoms with van der Waals surface area (Å²) in [5.41, 5.74) is 0.613. The number of H-pyrrole nitrogens is 1. The predicted octanol–water partition coefficient (Wildman–Crippen LogP) is 1.48. The summed E-state index contributed by atoms with van der Waals surface area (Å²) in [5, 5.41) is 4.17. The van der Waals surface area contributed by atoms with Crippen molar-refractivity contribution in [2.24, 2.45) is 0 Å². The van der Waals surface area contributed by atoms with Gasteiger partial charge in [-0.25, -0.2) is 0 Å². The number of halogens is 3. The molecule has 0 unspecified atom stereocenters. The highest BCUT2D eigenvalue weighted by Crippen LogP contribution is 2.18. The SMILES string of the molecule is O=c1[nH]c(CNCCC(F)(F)F)cs1. The van der Waals surface area contributed by atoms with E-state index in [1.165, 1.54) is 0 Å². The number of hydrogen-bond donors (Lipinski definition) is 2. The number of hydrogen-bond acceptors (Lipinski definition) is 3. The Hall–Kier alpha value is -0.820. The van der Waals surface area contributed by atoms with E-state index in [-0.39, 0.29) is 18.0 Å². The quantitative estimate of drug-likeness (QED) is 0.764. The van der Waals surface area contributed by atoms with Crippen LogP contribution in [0.1, 0.15) is 12.1 Å². The molecule has 80 valence electrons. The molecule has 0 radical (unpaired) electrons. The molecular formula is C7H9F3N2OS. The number of rotatable bonds is 4. The van der Waals surface area contributed by atoms with Gasteiger partial charge in [-0.05, 0) is 0 Å². The van der Waals surface area contributed by atoms with E-state index < -0.39 is 12.6 Å². The summed E-state index contributed by atoms with van der Waals surface area (Å²) in [4.78, 5) is 12.9. The Kier molecular flexibility index (Phi) is 3.70. The lowest BCUT2D eigenvalue weighted by atomic mass is 10.4. The lowest BCUT2D eigenvalue weighted by Gasteiger charge is -2.06. The van der Waals surface area contributed by atoms with Crippen LogP contribution in [0.15, 0.2) is 10.2 Å². The Labute approximate surface area is 82.0 Å². The van der Waals surface area contributed by atoms with Crippen LogP contribution in [-0.2, 0) is 6.54 Å². The Balaban J connectivity index is 2.19. The van der Waals surface area contributed by atoms with Crippen molar-refractivity contribution in [3.63, 3.8) is 0 Å². The van der Waals surface area contributed by atoms with Gasteiger partial charge in [0.15, 0.2) is 0 Å². The number of aromatic amines is 1. The van der Waals surface area contributed by atoms with Crippen molar-refractivity contribution in [2.45, 2.75) is 19.1 Å². The summed E-state index contributed by atoms with van der Waals surface area (Å²) in [5.74, 6) is 0. The Bertz CT molecular complexity index is 330. The minimum Gasteiger partial charge on any atom is -0.315 e. The first-order valence-corrected chi connectivity index (χ1v) is 4.79. The molecule has 0 bridgehead atoms. The van der Waals surface area contributed by atoms with E-state index in [1.54, 1.807) is 5.38 Å². The molecule has 1 aromatic rings. The molecule has 14 heavy (non-hydrogen) atoms. The number of nitrogens with one attached hydrogen (secondary N) is 2. The first-order chi connectivity index (χ1) is 6.47. The molecule has 0 aliphatic rings. The van der Waals surface area contributed by atoms with Crippen molar-refractivity contribution in [3.05, 3.63) is 20.7 Å². The molecule has 0 atom stereocenters. The van der Waals surface area contributed by atoms with Gasteiger partial charge in [0.1, 0.15) is 0 Å². The van der Waals surface area contributed by atoms with Gasteiger partial charge in [-0.15, -0.1) is 0 Å². The normalized spacial score (nSPS) is 11.9. The molecular weight excluding hydrogens is 217 g/mol. The molecule has 0 spiro atoms. The van der Waals surface area contributed by atoms with Gasteiger partial charge in [0.05, 0.1) is 6.42 Å². The Morgan fingerprint density at radius 1 is 1.50 bits per heavy atom. The zero-order valence-corrected chi connectivity index (χ0v) is 7.97. The smallest absolute Gasteiger partial charge is 0.315 e. The first-order valence-electron chi connectivity index (χ1n) is 3.91. The second kappa shape index (κ2) is 4.61. The maximum absolute atomic E-state index is 11.7. The average Bonchev–Trinajstić information content (AvgIpc) is 2.44. The molecule has 0 aliphatic heterocycles. The maximum Gasteiger partial charge on any atom is 0.390 e. The molecule has 0 saturated heterocycles. The van der Waals surface area contributed by atoms with Crippen molar-refractivity contribution in [3.8, 4) is 0 Å². The van der Waals surface area contributed by atoms with Gasteiger partial charge < -0.3 is 10.3 Å². The second-order valence-corrected chi connectivity index (χ2v) is 3.56. The minimum atomic E-state index is -4.13. The zero-order chi connectivity index (χ0) is 10.6. The number of thiazole rings is 1. The van der Waals surface area contributed by atoms with Crippen LogP contribution in [-0.4, -0.2) is 17.7 Å². The molecule has 1 rings (SSSR count). The van der Waals surface area contributed by atoms with E-state index in [1.807, 2.05) is 0 Å². The molecule has 0 aromatic carbocycles. The Morgan fingerprint density at radius 2 is 2.21 bits per heavy atom. The van der Waals surface area contributed by atoms with Crippen LogP contribution in [0.2, 0.25) is 0 Å². The van der Waals surface area contributed by atoms with Gasteiger partial charge in [0.25, 0.3) is 0 Å². The summed E-state index contributed by atoms with van der Waals surface area (Å²) in [6, 6.07) is 0. The average molecular weight is 226 g/mol. The monoisotopic (exact) mass is 226 g/mol. The van der Waals surface area contributed by atoms with Gasteiger partial charge in [0, 0.05) is 24.2 Å². The second-order valence-electron chi connectivity index (χ2n) is 2.72. The van der Waals surface area contributed by atoms with Crippen LogP contribution >= 0.6 is 11.3 Å². The molecule has 0 aliphatic carbocycles. The molecule has 0 fully saturated rings. The van der Waals surface area contributed by atoms with Gasteiger partial charge in [-0.1, -0.05) is 11.3 Å². The van der Waals surface area contributed by atoms with Gasteiger partial charge in [0.2, 0.25) is 0 Å². The highest BCUT2D eigenvalue weighted by Gasteiger charge is 2.25. The van der Waals surface area contributed by atoms with Crippen LogP contribution in [0.4, 0.5) is 13.2 Å². The molecule has 2 N–H and O–H groups in total. The highest BCUT2D eigenvalue weighted by molar-refractivity contribution is 7.07. The van der Waals surface area contributed by atoms with Gasteiger partial charge in [-0.3, -0.25) is 4.79 Å². The highest BCUT2D eigenvalue weighted by atomic mass is 32.1. The molecule has 0 amide bonds. The van der Waals surface area contributed by atoms with E-state index in [0.717, 1.165) is 11.3 Å². The largest absolute Gasteiger partial charge is 0.390 e. The standard InChI is InChI=1S/C7H9F3N2OS/c8-7(9,10)1-2-11-3-5-4-14-6(13)12-5/h4,11H,1-3H2,(H,12,13). The van der Waals surface area contributed by atoms with Crippen LogP contribution in [0.25, 0.3) is 0 Å². The summed E-state index contributed by atoms with van der Waals surface area (Å²) in [6.07, 6.45) is -4.99. The van der Waals surface area contributed by atoms with E-state index in [2.05, 4.69) is 10.3 Å². The molecule has 1 heterocycles. The van der Waals surface area contributed by atoms with E-state index >= 15 is 0 Å². The van der Waals surface area contributed by atoms with E-state index in [4.69, 9.17) is 0 Å². The minimum absolute atomic E-state index is 0.138. The third-order valence-electron chi connectivity index (χ3n) is 1.47. The predicted molar refractivity (Wildman–Crippen MR) is 47.3 cm³/mol. The number of alkyl halides is 3. The summed E-state index contributed by atoms with van der Waals surface area (Å²) in [7, 11) is 0. The third-order valence-corrected chi connectivity index (χ3v) is 2.19. The van der Waals surface area contributed by atoms with Crippen LogP contribution in [0.3, 0.4) is 0 Å².